The van der Waals surface area contributed by atoms with Crippen molar-refractivity contribution in [1.82, 2.24) is 5.32 Å². The van der Waals surface area contributed by atoms with Crippen molar-refractivity contribution < 1.29 is 14.7 Å². The van der Waals surface area contributed by atoms with E-state index in [0.717, 1.165) is 24.0 Å². The highest BCUT2D eigenvalue weighted by Crippen LogP contribution is 2.17. The maximum atomic E-state index is 11.9. The molecule has 0 aliphatic carbocycles. The van der Waals surface area contributed by atoms with Gasteiger partial charge in [-0.15, -0.1) is 0 Å². The molecule has 1 atom stereocenters. The lowest BCUT2D eigenvalue weighted by molar-refractivity contribution is -0.139. The summed E-state index contributed by atoms with van der Waals surface area (Å²) in [5, 5.41) is 14.3. The first-order valence-corrected chi connectivity index (χ1v) is 6.82. The van der Waals surface area contributed by atoms with Gasteiger partial charge in [-0.25, -0.2) is 9.59 Å². The molecule has 0 aromatic heterocycles. The predicted octanol–water partition coefficient (Wildman–Crippen LogP) is 3.07. The Balaban J connectivity index is 2.66. The summed E-state index contributed by atoms with van der Waals surface area (Å²) in [7, 11) is 0. The zero-order valence-electron chi connectivity index (χ0n) is 12.2. The molecule has 1 aromatic rings. The molecule has 110 valence electrons. The first-order valence-electron chi connectivity index (χ1n) is 6.82. The van der Waals surface area contributed by atoms with Crippen molar-refractivity contribution in [2.24, 2.45) is 0 Å². The number of carbonyl (C=O) groups is 2. The summed E-state index contributed by atoms with van der Waals surface area (Å²) < 4.78 is 0. The number of hydrogen-bond acceptors (Lipinski definition) is 2. The molecule has 1 aromatic carbocycles. The monoisotopic (exact) mass is 278 g/mol. The number of benzene rings is 1. The quantitative estimate of drug-likeness (QED) is 0.748. The Bertz CT molecular complexity index is 486. The van der Waals surface area contributed by atoms with Gasteiger partial charge in [-0.1, -0.05) is 31.9 Å². The number of amides is 2. The molecule has 0 aliphatic rings. The van der Waals surface area contributed by atoms with E-state index in [9.17, 15) is 9.59 Å². The Labute approximate surface area is 119 Å². The molecule has 3 N–H and O–H groups in total. The van der Waals surface area contributed by atoms with E-state index in [4.69, 9.17) is 5.11 Å². The van der Waals surface area contributed by atoms with Gasteiger partial charge in [0.05, 0.1) is 0 Å². The molecule has 1 rings (SSSR count). The molecule has 2 amide bonds. The van der Waals surface area contributed by atoms with Gasteiger partial charge < -0.3 is 15.7 Å². The number of unbranched alkanes of at least 4 members (excludes halogenated alkanes) is 1. The summed E-state index contributed by atoms with van der Waals surface area (Å²) in [6.45, 7) is 5.85. The van der Waals surface area contributed by atoms with E-state index in [1.54, 1.807) is 6.07 Å². The zero-order valence-corrected chi connectivity index (χ0v) is 12.2. The second-order valence-corrected chi connectivity index (χ2v) is 4.88. The van der Waals surface area contributed by atoms with Crippen molar-refractivity contribution in [2.75, 3.05) is 5.32 Å². The van der Waals surface area contributed by atoms with Gasteiger partial charge in [0.1, 0.15) is 6.04 Å². The molecule has 5 nitrogen and oxygen atoms in total. The third-order valence-corrected chi connectivity index (χ3v) is 3.30. The molecule has 5 heteroatoms. The molecular formula is C15H22N2O3. The van der Waals surface area contributed by atoms with Crippen LogP contribution in [-0.4, -0.2) is 23.1 Å². The Morgan fingerprint density at radius 1 is 1.30 bits per heavy atom. The van der Waals surface area contributed by atoms with Gasteiger partial charge >= 0.3 is 12.0 Å². The molecule has 0 saturated carbocycles. The average molecular weight is 278 g/mol. The van der Waals surface area contributed by atoms with Crippen LogP contribution in [-0.2, 0) is 4.79 Å². The van der Waals surface area contributed by atoms with Crippen LogP contribution in [0.4, 0.5) is 10.5 Å². The minimum Gasteiger partial charge on any atom is -0.480 e. The van der Waals surface area contributed by atoms with Crippen LogP contribution in [0.3, 0.4) is 0 Å². The standard InChI is InChI=1S/C15H22N2O3/c1-4-5-8-13(14(18)19)17-15(20)16-12-9-6-7-10(2)11(12)3/h6-7,9,13H,4-5,8H2,1-3H3,(H,18,19)(H2,16,17,20)/t13-/m0/s1. The summed E-state index contributed by atoms with van der Waals surface area (Å²) >= 11 is 0. The van der Waals surface area contributed by atoms with Crippen molar-refractivity contribution in [3.8, 4) is 0 Å². The minimum absolute atomic E-state index is 0.437. The number of carboxylic acid groups (broad SMARTS) is 1. The maximum Gasteiger partial charge on any atom is 0.326 e. The molecule has 20 heavy (non-hydrogen) atoms. The van der Waals surface area contributed by atoms with E-state index < -0.39 is 18.0 Å². The topological polar surface area (TPSA) is 78.4 Å². The molecule has 0 heterocycles. The van der Waals surface area contributed by atoms with E-state index >= 15 is 0 Å². The molecule has 0 fully saturated rings. The van der Waals surface area contributed by atoms with Crippen LogP contribution in [0.15, 0.2) is 18.2 Å². The number of aryl methyl sites for hydroxylation is 1. The number of carbonyl (C=O) groups excluding carboxylic acids is 1. The molecular weight excluding hydrogens is 256 g/mol. The third kappa shape index (κ3) is 4.57. The van der Waals surface area contributed by atoms with Gasteiger partial charge in [-0.05, 0) is 37.5 Å². The van der Waals surface area contributed by atoms with Crippen molar-refractivity contribution in [2.45, 2.75) is 46.1 Å². The van der Waals surface area contributed by atoms with Gasteiger partial charge in [0.15, 0.2) is 0 Å². The highest BCUT2D eigenvalue weighted by molar-refractivity contribution is 5.93. The maximum absolute atomic E-state index is 11.9. The normalized spacial score (nSPS) is 11.8. The molecule has 0 spiro atoms. The summed E-state index contributed by atoms with van der Waals surface area (Å²) in [5.41, 5.74) is 2.74. The van der Waals surface area contributed by atoms with Gasteiger partial charge in [0.25, 0.3) is 0 Å². The largest absolute Gasteiger partial charge is 0.480 e. The van der Waals surface area contributed by atoms with E-state index in [2.05, 4.69) is 10.6 Å². The number of hydrogen-bond donors (Lipinski definition) is 3. The zero-order chi connectivity index (χ0) is 15.1. The van der Waals surface area contributed by atoms with Crippen LogP contribution in [0.5, 0.6) is 0 Å². The second-order valence-electron chi connectivity index (χ2n) is 4.88. The fourth-order valence-corrected chi connectivity index (χ4v) is 1.87. The molecule has 0 bridgehead atoms. The van der Waals surface area contributed by atoms with Crippen LogP contribution in [0.1, 0.15) is 37.3 Å². The van der Waals surface area contributed by atoms with Crippen molar-refractivity contribution >= 4 is 17.7 Å². The van der Waals surface area contributed by atoms with Gasteiger partial charge in [-0.3, -0.25) is 0 Å². The SMILES string of the molecule is CCCC[C@H](NC(=O)Nc1cccc(C)c1C)C(=O)O. The van der Waals surface area contributed by atoms with Gasteiger partial charge in [-0.2, -0.15) is 0 Å². The number of nitrogens with one attached hydrogen (secondary N) is 2. The van der Waals surface area contributed by atoms with Crippen LogP contribution < -0.4 is 10.6 Å². The highest BCUT2D eigenvalue weighted by Gasteiger charge is 2.19. The van der Waals surface area contributed by atoms with Crippen molar-refractivity contribution in [3.63, 3.8) is 0 Å². The number of anilines is 1. The summed E-state index contributed by atoms with van der Waals surface area (Å²) in [6.07, 6.45) is 2.09. The van der Waals surface area contributed by atoms with Crippen molar-refractivity contribution in [1.29, 1.82) is 0 Å². The summed E-state index contributed by atoms with van der Waals surface area (Å²) in [6, 6.07) is 4.27. The van der Waals surface area contributed by atoms with Crippen LogP contribution in [0, 0.1) is 13.8 Å². The lowest BCUT2D eigenvalue weighted by Gasteiger charge is -2.16. The fraction of sp³-hybridized carbons (Fsp3) is 0.467. The Morgan fingerprint density at radius 3 is 2.60 bits per heavy atom. The first-order chi connectivity index (χ1) is 9.45. The Morgan fingerprint density at radius 2 is 2.00 bits per heavy atom. The molecule has 0 radical (unpaired) electrons. The van der Waals surface area contributed by atoms with Crippen LogP contribution in [0.2, 0.25) is 0 Å². The number of aliphatic carboxylic acids is 1. The van der Waals surface area contributed by atoms with Gasteiger partial charge in [0, 0.05) is 5.69 Å². The number of rotatable bonds is 6. The molecule has 0 unspecified atom stereocenters. The average Bonchev–Trinajstić information content (AvgIpc) is 2.39. The van der Waals surface area contributed by atoms with E-state index in [0.29, 0.717) is 12.1 Å². The van der Waals surface area contributed by atoms with E-state index in [-0.39, 0.29) is 0 Å². The van der Waals surface area contributed by atoms with E-state index in [1.165, 1.54) is 0 Å². The Hall–Kier alpha value is -2.04. The predicted molar refractivity (Wildman–Crippen MR) is 79.0 cm³/mol. The van der Waals surface area contributed by atoms with Crippen LogP contribution in [0.25, 0.3) is 0 Å². The molecule has 0 saturated heterocycles. The summed E-state index contributed by atoms with van der Waals surface area (Å²) in [4.78, 5) is 22.9. The lowest BCUT2D eigenvalue weighted by atomic mass is 10.1. The smallest absolute Gasteiger partial charge is 0.326 e. The number of urea groups is 1. The Kier molecular flexibility index (Phi) is 6.03. The van der Waals surface area contributed by atoms with Crippen molar-refractivity contribution in [3.05, 3.63) is 29.3 Å². The van der Waals surface area contributed by atoms with E-state index in [1.807, 2.05) is 32.9 Å². The summed E-state index contributed by atoms with van der Waals surface area (Å²) in [5.74, 6) is -1.01. The fourth-order valence-electron chi connectivity index (χ4n) is 1.87. The van der Waals surface area contributed by atoms with Crippen LogP contribution >= 0.6 is 0 Å². The molecule has 0 aliphatic heterocycles. The van der Waals surface area contributed by atoms with Gasteiger partial charge in [0.2, 0.25) is 0 Å². The lowest BCUT2D eigenvalue weighted by Crippen LogP contribution is -2.43. The first kappa shape index (κ1) is 16.0. The number of carboxylic acids is 1. The minimum atomic E-state index is -1.01. The third-order valence-electron chi connectivity index (χ3n) is 3.30. The highest BCUT2D eigenvalue weighted by atomic mass is 16.4. The second kappa shape index (κ2) is 7.53.